The van der Waals surface area contributed by atoms with Gasteiger partial charge in [0, 0.05) is 6.61 Å². The molecule has 0 saturated heterocycles. The predicted molar refractivity (Wildman–Crippen MR) is 75.6 cm³/mol. The molecule has 1 aliphatic carbocycles. The highest BCUT2D eigenvalue weighted by atomic mass is 127. The number of rotatable bonds is 7. The lowest BCUT2D eigenvalue weighted by Gasteiger charge is -2.39. The molecule has 1 aliphatic rings. The minimum atomic E-state index is -0.0942. The zero-order valence-electron chi connectivity index (χ0n) is 10.5. The van der Waals surface area contributed by atoms with Gasteiger partial charge in [0.2, 0.25) is 0 Å². The third-order valence-electron chi connectivity index (χ3n) is 3.33. The molecule has 0 radical (unpaired) electrons. The van der Waals surface area contributed by atoms with E-state index in [1.54, 1.807) is 0 Å². The number of halogens is 1. The van der Waals surface area contributed by atoms with Gasteiger partial charge in [-0.25, -0.2) is 0 Å². The first-order chi connectivity index (χ1) is 7.71. The van der Waals surface area contributed by atoms with Crippen molar-refractivity contribution in [1.29, 1.82) is 0 Å². The minimum absolute atomic E-state index is 0.0942. The molecule has 0 aliphatic heterocycles. The second-order valence-electron chi connectivity index (χ2n) is 4.45. The normalized spacial score (nSPS) is 29.0. The molecule has 1 saturated carbocycles. The molecule has 94 valence electrons. The van der Waals surface area contributed by atoms with Gasteiger partial charge in [-0.1, -0.05) is 35.9 Å². The maximum Gasteiger partial charge on any atom is 0.155 e. The van der Waals surface area contributed by atoms with Crippen LogP contribution in [0.1, 0.15) is 40.0 Å². The standard InChI is InChI=1S/C13H23IO2/c1-4-11-8-12(9-11)13(6-7-14)16-10(3)15-5-2/h6-7,10-13H,4-5,8-9H2,1-3H3. The van der Waals surface area contributed by atoms with Gasteiger partial charge in [0.05, 0.1) is 6.10 Å². The highest BCUT2D eigenvalue weighted by Crippen LogP contribution is 2.39. The third kappa shape index (κ3) is 4.34. The molecule has 3 heteroatoms. The summed E-state index contributed by atoms with van der Waals surface area (Å²) >= 11 is 2.26. The molecule has 0 bridgehead atoms. The van der Waals surface area contributed by atoms with Crippen LogP contribution in [0.15, 0.2) is 10.2 Å². The smallest absolute Gasteiger partial charge is 0.155 e. The van der Waals surface area contributed by atoms with Gasteiger partial charge in [-0.15, -0.1) is 0 Å². The second-order valence-corrected chi connectivity index (χ2v) is 5.17. The summed E-state index contributed by atoms with van der Waals surface area (Å²) < 4.78 is 13.4. The molecular formula is C13H23IO2. The highest BCUT2D eigenvalue weighted by Gasteiger charge is 2.34. The summed E-state index contributed by atoms with van der Waals surface area (Å²) in [4.78, 5) is 0. The van der Waals surface area contributed by atoms with Crippen LogP contribution in [0.25, 0.3) is 0 Å². The maximum absolute atomic E-state index is 5.91. The zero-order valence-corrected chi connectivity index (χ0v) is 12.6. The summed E-state index contributed by atoms with van der Waals surface area (Å²) in [6.45, 7) is 6.96. The average Bonchev–Trinajstić information content (AvgIpc) is 2.16. The Morgan fingerprint density at radius 3 is 2.56 bits per heavy atom. The van der Waals surface area contributed by atoms with E-state index in [0.717, 1.165) is 5.92 Å². The third-order valence-corrected chi connectivity index (χ3v) is 3.74. The Kier molecular flexibility index (Phi) is 6.92. The van der Waals surface area contributed by atoms with Crippen LogP contribution in [0.4, 0.5) is 0 Å². The fourth-order valence-electron chi connectivity index (χ4n) is 2.27. The highest BCUT2D eigenvalue weighted by molar-refractivity contribution is 14.1. The summed E-state index contributed by atoms with van der Waals surface area (Å²) in [6, 6.07) is 0. The molecule has 1 rings (SSSR count). The van der Waals surface area contributed by atoms with Crippen LogP contribution in [-0.2, 0) is 9.47 Å². The Balaban J connectivity index is 2.36. The van der Waals surface area contributed by atoms with Gasteiger partial charge in [-0.3, -0.25) is 0 Å². The topological polar surface area (TPSA) is 18.5 Å². The quantitative estimate of drug-likeness (QED) is 0.513. The first-order valence-corrected chi connectivity index (χ1v) is 7.49. The van der Waals surface area contributed by atoms with Gasteiger partial charge < -0.3 is 9.47 Å². The van der Waals surface area contributed by atoms with E-state index in [4.69, 9.17) is 9.47 Å². The van der Waals surface area contributed by atoms with E-state index in [-0.39, 0.29) is 12.4 Å². The van der Waals surface area contributed by atoms with E-state index in [1.807, 2.05) is 13.8 Å². The summed E-state index contributed by atoms with van der Waals surface area (Å²) in [5, 5.41) is 0. The number of ether oxygens (including phenoxy) is 2. The Bertz CT molecular complexity index is 212. The zero-order chi connectivity index (χ0) is 12.0. The van der Waals surface area contributed by atoms with Crippen LogP contribution >= 0.6 is 22.6 Å². The lowest BCUT2D eigenvalue weighted by Crippen LogP contribution is -2.36. The van der Waals surface area contributed by atoms with Crippen molar-refractivity contribution >= 4 is 22.6 Å². The Morgan fingerprint density at radius 1 is 1.38 bits per heavy atom. The summed E-state index contributed by atoms with van der Waals surface area (Å²) in [5.41, 5.74) is 0. The van der Waals surface area contributed by atoms with Crippen molar-refractivity contribution < 1.29 is 9.47 Å². The SMILES string of the molecule is CCOC(C)OC(C=CI)C1CC(CC)C1. The fourth-order valence-corrected chi connectivity index (χ4v) is 2.68. The van der Waals surface area contributed by atoms with Crippen LogP contribution in [0, 0.1) is 11.8 Å². The molecule has 1 fully saturated rings. The number of hydrogen-bond donors (Lipinski definition) is 0. The summed E-state index contributed by atoms with van der Waals surface area (Å²) in [5.74, 6) is 1.61. The van der Waals surface area contributed by atoms with E-state index in [2.05, 4.69) is 39.7 Å². The van der Waals surface area contributed by atoms with Crippen LogP contribution in [0.5, 0.6) is 0 Å². The minimum Gasteiger partial charge on any atom is -0.353 e. The lowest BCUT2D eigenvalue weighted by atomic mass is 9.71. The monoisotopic (exact) mass is 338 g/mol. The first kappa shape index (κ1) is 14.5. The van der Waals surface area contributed by atoms with Crippen LogP contribution in [-0.4, -0.2) is 19.0 Å². The molecule has 16 heavy (non-hydrogen) atoms. The van der Waals surface area contributed by atoms with E-state index in [1.165, 1.54) is 19.3 Å². The van der Waals surface area contributed by atoms with Gasteiger partial charge in [0.15, 0.2) is 6.29 Å². The molecule has 0 aromatic carbocycles. The van der Waals surface area contributed by atoms with Crippen LogP contribution in [0.3, 0.4) is 0 Å². The van der Waals surface area contributed by atoms with Crippen molar-refractivity contribution in [2.75, 3.05) is 6.61 Å². The van der Waals surface area contributed by atoms with E-state index in [0.29, 0.717) is 12.5 Å². The largest absolute Gasteiger partial charge is 0.353 e. The average molecular weight is 338 g/mol. The number of hydrogen-bond acceptors (Lipinski definition) is 2. The Labute approximate surface area is 113 Å². The van der Waals surface area contributed by atoms with Gasteiger partial charge in [0.25, 0.3) is 0 Å². The van der Waals surface area contributed by atoms with Gasteiger partial charge in [-0.05, 0) is 48.7 Å². The Hall–Kier alpha value is 0.390. The van der Waals surface area contributed by atoms with Crippen molar-refractivity contribution in [2.45, 2.75) is 52.4 Å². The molecule has 0 heterocycles. The van der Waals surface area contributed by atoms with E-state index >= 15 is 0 Å². The fraction of sp³-hybridized carbons (Fsp3) is 0.846. The van der Waals surface area contributed by atoms with Gasteiger partial charge >= 0.3 is 0 Å². The maximum atomic E-state index is 5.91. The molecule has 0 aromatic heterocycles. The van der Waals surface area contributed by atoms with Crippen molar-refractivity contribution in [3.8, 4) is 0 Å². The second kappa shape index (κ2) is 7.67. The summed E-state index contributed by atoms with van der Waals surface area (Å²) in [7, 11) is 0. The lowest BCUT2D eigenvalue weighted by molar-refractivity contribution is -0.167. The van der Waals surface area contributed by atoms with E-state index in [9.17, 15) is 0 Å². The molecule has 0 spiro atoms. The molecule has 0 aromatic rings. The van der Waals surface area contributed by atoms with Crippen molar-refractivity contribution in [1.82, 2.24) is 0 Å². The summed E-state index contributed by atoms with van der Waals surface area (Å²) in [6.07, 6.45) is 6.22. The van der Waals surface area contributed by atoms with Gasteiger partial charge in [0.1, 0.15) is 0 Å². The molecule has 2 atom stereocenters. The van der Waals surface area contributed by atoms with Crippen molar-refractivity contribution in [2.24, 2.45) is 11.8 Å². The van der Waals surface area contributed by atoms with E-state index < -0.39 is 0 Å². The first-order valence-electron chi connectivity index (χ1n) is 6.25. The van der Waals surface area contributed by atoms with Crippen molar-refractivity contribution in [3.63, 3.8) is 0 Å². The van der Waals surface area contributed by atoms with Crippen LogP contribution in [0.2, 0.25) is 0 Å². The molecule has 2 unspecified atom stereocenters. The van der Waals surface area contributed by atoms with Gasteiger partial charge in [-0.2, -0.15) is 0 Å². The Morgan fingerprint density at radius 2 is 2.06 bits per heavy atom. The predicted octanol–water partition coefficient (Wildman–Crippen LogP) is 4.14. The van der Waals surface area contributed by atoms with Crippen molar-refractivity contribution in [3.05, 3.63) is 10.2 Å². The molecule has 2 nitrogen and oxygen atoms in total. The van der Waals surface area contributed by atoms with Crippen LogP contribution < -0.4 is 0 Å². The molecule has 0 N–H and O–H groups in total. The molecule has 0 amide bonds. The molecular weight excluding hydrogens is 315 g/mol.